The van der Waals surface area contributed by atoms with Gasteiger partial charge in [-0.1, -0.05) is 6.92 Å². The normalized spacial score (nSPS) is 33.5. The second-order valence-corrected chi connectivity index (χ2v) is 6.00. The molecule has 78 valence electrons. The number of halogens is 2. The van der Waals surface area contributed by atoms with Gasteiger partial charge in [0.2, 0.25) is 0 Å². The third kappa shape index (κ3) is 1.83. The lowest BCUT2D eigenvalue weighted by molar-refractivity contribution is -0.0923. The predicted molar refractivity (Wildman–Crippen MR) is 45.4 cm³/mol. The lowest BCUT2D eigenvalue weighted by Gasteiger charge is -2.31. The van der Waals surface area contributed by atoms with Gasteiger partial charge in [-0.25, -0.2) is 17.2 Å². The molecule has 1 aliphatic rings. The van der Waals surface area contributed by atoms with Gasteiger partial charge in [0, 0.05) is 5.41 Å². The van der Waals surface area contributed by atoms with E-state index in [4.69, 9.17) is 5.73 Å². The van der Waals surface area contributed by atoms with Crippen LogP contribution in [0.5, 0.6) is 0 Å². The molecule has 0 aromatic rings. The first-order valence-electron chi connectivity index (χ1n) is 4.01. The summed E-state index contributed by atoms with van der Waals surface area (Å²) in [5, 5.41) is 0. The molecule has 0 aromatic heterocycles. The van der Waals surface area contributed by atoms with Crippen molar-refractivity contribution >= 4 is 9.84 Å². The molecule has 0 aliphatic carbocycles. The van der Waals surface area contributed by atoms with Crippen molar-refractivity contribution in [2.24, 2.45) is 11.1 Å². The largest absolute Gasteiger partial charge is 0.325 e. The van der Waals surface area contributed by atoms with Crippen molar-refractivity contribution < 1.29 is 17.2 Å². The summed E-state index contributed by atoms with van der Waals surface area (Å²) in [6, 6.07) is 0. The summed E-state index contributed by atoms with van der Waals surface area (Å²) in [5.74, 6) is -3.69. The molecule has 3 nitrogen and oxygen atoms in total. The zero-order chi connectivity index (χ0) is 10.3. The smallest absolute Gasteiger partial charge is 0.266 e. The van der Waals surface area contributed by atoms with E-state index in [1.54, 1.807) is 0 Å². The van der Waals surface area contributed by atoms with Crippen molar-refractivity contribution in [3.8, 4) is 0 Å². The highest BCUT2D eigenvalue weighted by Gasteiger charge is 2.54. The molecule has 1 atom stereocenters. The van der Waals surface area contributed by atoms with E-state index >= 15 is 0 Å². The Morgan fingerprint density at radius 1 is 1.54 bits per heavy atom. The fourth-order valence-corrected chi connectivity index (χ4v) is 3.78. The van der Waals surface area contributed by atoms with Crippen molar-refractivity contribution in [2.75, 3.05) is 18.1 Å². The van der Waals surface area contributed by atoms with Crippen LogP contribution < -0.4 is 5.73 Å². The van der Waals surface area contributed by atoms with Gasteiger partial charge in [-0.2, -0.15) is 0 Å². The van der Waals surface area contributed by atoms with Gasteiger partial charge in [-0.15, -0.1) is 0 Å². The second kappa shape index (κ2) is 2.88. The monoisotopic (exact) mass is 213 g/mol. The third-order valence-corrected chi connectivity index (χ3v) is 4.55. The van der Waals surface area contributed by atoms with Crippen LogP contribution in [0.1, 0.15) is 13.3 Å². The minimum atomic E-state index is -3.28. The highest BCUT2D eigenvalue weighted by atomic mass is 32.2. The fourth-order valence-electron chi connectivity index (χ4n) is 1.55. The Morgan fingerprint density at radius 2 is 2.08 bits per heavy atom. The van der Waals surface area contributed by atoms with E-state index in [1.165, 1.54) is 6.92 Å². The molecule has 1 heterocycles. The van der Waals surface area contributed by atoms with Crippen LogP contribution in [0.25, 0.3) is 0 Å². The van der Waals surface area contributed by atoms with Crippen LogP contribution in [-0.2, 0) is 9.84 Å². The van der Waals surface area contributed by atoms with E-state index in [9.17, 15) is 17.2 Å². The first kappa shape index (κ1) is 10.8. The zero-order valence-corrected chi connectivity index (χ0v) is 8.20. The van der Waals surface area contributed by atoms with Crippen LogP contribution in [0.2, 0.25) is 0 Å². The first-order valence-corrected chi connectivity index (χ1v) is 5.83. The molecule has 6 heteroatoms. The molecule has 0 saturated carbocycles. The maximum absolute atomic E-state index is 13.2. The number of alkyl halides is 2. The fraction of sp³-hybridized carbons (Fsp3) is 1.00. The Bertz CT molecular complexity index is 302. The molecule has 0 aromatic carbocycles. The van der Waals surface area contributed by atoms with Crippen molar-refractivity contribution in [1.82, 2.24) is 0 Å². The maximum atomic E-state index is 13.2. The van der Waals surface area contributed by atoms with E-state index in [0.717, 1.165) is 0 Å². The minimum Gasteiger partial charge on any atom is -0.325 e. The summed E-state index contributed by atoms with van der Waals surface area (Å²) < 4.78 is 48.5. The van der Waals surface area contributed by atoms with Gasteiger partial charge in [0.05, 0.1) is 18.1 Å². The molecule has 0 spiro atoms. The van der Waals surface area contributed by atoms with E-state index < -0.39 is 33.5 Å². The van der Waals surface area contributed by atoms with Gasteiger partial charge >= 0.3 is 0 Å². The summed E-state index contributed by atoms with van der Waals surface area (Å²) in [4.78, 5) is 0. The predicted octanol–water partition coefficient (Wildman–Crippen LogP) is 0.405. The number of hydrogen-bond donors (Lipinski definition) is 1. The number of rotatable bonds is 2. The Hall–Kier alpha value is -0.230. The lowest BCUT2D eigenvalue weighted by atomic mass is 9.83. The van der Waals surface area contributed by atoms with E-state index in [0.29, 0.717) is 0 Å². The topological polar surface area (TPSA) is 60.2 Å². The van der Waals surface area contributed by atoms with Crippen molar-refractivity contribution in [3.05, 3.63) is 0 Å². The van der Waals surface area contributed by atoms with Gasteiger partial charge in [0.25, 0.3) is 5.92 Å². The Kier molecular flexibility index (Phi) is 2.40. The van der Waals surface area contributed by atoms with E-state index in [2.05, 4.69) is 0 Å². The summed E-state index contributed by atoms with van der Waals surface area (Å²) in [6.07, 6.45) is -0.000463. The molecular weight excluding hydrogens is 200 g/mol. The summed E-state index contributed by atoms with van der Waals surface area (Å²) in [5.41, 5.74) is 3.44. The van der Waals surface area contributed by atoms with Crippen LogP contribution in [0.15, 0.2) is 0 Å². The molecule has 2 N–H and O–H groups in total. The average molecular weight is 213 g/mol. The molecule has 0 radical (unpaired) electrons. The highest BCUT2D eigenvalue weighted by Crippen LogP contribution is 2.44. The van der Waals surface area contributed by atoms with Crippen LogP contribution in [0, 0.1) is 5.41 Å². The Labute approximate surface area is 76.2 Å². The van der Waals surface area contributed by atoms with Gasteiger partial charge in [0.15, 0.2) is 9.84 Å². The standard InChI is InChI=1S/C7H13F2NO2S/c1-6(7(8,9)4-10)2-3-13(11,12)5-6/h2-5,10H2,1H3. The highest BCUT2D eigenvalue weighted by molar-refractivity contribution is 7.91. The van der Waals surface area contributed by atoms with Gasteiger partial charge in [-0.3, -0.25) is 0 Å². The molecule has 13 heavy (non-hydrogen) atoms. The molecule has 1 fully saturated rings. The van der Waals surface area contributed by atoms with Crippen molar-refractivity contribution in [1.29, 1.82) is 0 Å². The molecule has 1 unspecified atom stereocenters. The van der Waals surface area contributed by atoms with Gasteiger partial charge in [-0.05, 0) is 6.42 Å². The number of hydrogen-bond acceptors (Lipinski definition) is 3. The third-order valence-electron chi connectivity index (χ3n) is 2.64. The summed E-state index contributed by atoms with van der Waals surface area (Å²) in [6.45, 7) is 0.490. The summed E-state index contributed by atoms with van der Waals surface area (Å²) >= 11 is 0. The number of sulfone groups is 1. The van der Waals surface area contributed by atoms with Crippen molar-refractivity contribution in [3.63, 3.8) is 0 Å². The molecular formula is C7H13F2NO2S. The first-order chi connectivity index (χ1) is 5.72. The molecule has 1 saturated heterocycles. The zero-order valence-electron chi connectivity index (χ0n) is 7.39. The van der Waals surface area contributed by atoms with Gasteiger partial charge < -0.3 is 5.73 Å². The average Bonchev–Trinajstić information content (AvgIpc) is 2.27. The molecule has 0 bridgehead atoms. The lowest BCUT2D eigenvalue weighted by Crippen LogP contribution is -2.45. The Morgan fingerprint density at radius 3 is 2.38 bits per heavy atom. The maximum Gasteiger partial charge on any atom is 0.266 e. The van der Waals surface area contributed by atoms with Crippen LogP contribution in [0.3, 0.4) is 0 Å². The SMILES string of the molecule is CC1(C(F)(F)CN)CCS(=O)(=O)C1. The molecule has 1 rings (SSSR count). The van der Waals surface area contributed by atoms with Gasteiger partial charge in [0.1, 0.15) is 0 Å². The second-order valence-electron chi connectivity index (χ2n) is 3.81. The Balaban J connectivity index is 2.93. The van der Waals surface area contributed by atoms with Crippen molar-refractivity contribution in [2.45, 2.75) is 19.3 Å². The minimum absolute atomic E-state index is 0.000463. The van der Waals surface area contributed by atoms with Crippen LogP contribution >= 0.6 is 0 Å². The molecule has 1 aliphatic heterocycles. The van der Waals surface area contributed by atoms with Crippen LogP contribution in [0.4, 0.5) is 8.78 Å². The van der Waals surface area contributed by atoms with Crippen LogP contribution in [-0.4, -0.2) is 32.4 Å². The summed E-state index contributed by atoms with van der Waals surface area (Å²) in [7, 11) is -3.28. The molecule has 0 amide bonds. The quantitative estimate of drug-likeness (QED) is 0.722. The van der Waals surface area contributed by atoms with E-state index in [1.807, 2.05) is 0 Å². The number of nitrogens with two attached hydrogens (primary N) is 1. The van der Waals surface area contributed by atoms with E-state index in [-0.39, 0.29) is 12.2 Å².